The van der Waals surface area contributed by atoms with E-state index in [4.69, 9.17) is 14.2 Å². The molecule has 0 spiro atoms. The van der Waals surface area contributed by atoms with E-state index in [2.05, 4.69) is 75.5 Å². The third-order valence-electron chi connectivity index (χ3n) is 7.96. The van der Waals surface area contributed by atoms with Crippen LogP contribution in [0.15, 0.2) is 0 Å². The van der Waals surface area contributed by atoms with Gasteiger partial charge in [0.25, 0.3) is 5.97 Å². The zero-order chi connectivity index (χ0) is 29.8. The van der Waals surface area contributed by atoms with E-state index in [9.17, 15) is 0 Å². The normalized spacial score (nSPS) is 13.3. The highest BCUT2D eigenvalue weighted by atomic mass is 80.0. The Bertz CT molecular complexity index is 496. The van der Waals surface area contributed by atoms with Crippen LogP contribution in [-0.2, 0) is 14.2 Å². The van der Waals surface area contributed by atoms with Crippen molar-refractivity contribution in [2.75, 3.05) is 19.8 Å². The average Bonchev–Trinajstić information content (AvgIpc) is 2.90. The highest BCUT2D eigenvalue weighted by Crippen LogP contribution is 2.38. The molecule has 0 fully saturated rings. The van der Waals surface area contributed by atoms with E-state index in [1.54, 1.807) is 0 Å². The summed E-state index contributed by atoms with van der Waals surface area (Å²) < 4.78 is 18.6. The number of rotatable bonds is 31. The van der Waals surface area contributed by atoms with Gasteiger partial charge in [-0.2, -0.15) is 0 Å². The van der Waals surface area contributed by atoms with Crippen molar-refractivity contribution < 1.29 is 14.2 Å². The van der Waals surface area contributed by atoms with Crippen LogP contribution in [0.4, 0.5) is 0 Å². The topological polar surface area (TPSA) is 27.7 Å². The maximum absolute atomic E-state index is 6.21. The molecule has 6 heteroatoms. The Labute approximate surface area is 276 Å². The summed E-state index contributed by atoms with van der Waals surface area (Å²) in [6, 6.07) is 0. The van der Waals surface area contributed by atoms with Gasteiger partial charge in [0, 0.05) is 25.7 Å². The van der Waals surface area contributed by atoms with Crippen molar-refractivity contribution >= 4 is 47.8 Å². The average molecular weight is 764 g/mol. The minimum atomic E-state index is -0.858. The van der Waals surface area contributed by atoms with Crippen LogP contribution in [0.3, 0.4) is 0 Å². The van der Waals surface area contributed by atoms with E-state index >= 15 is 0 Å². The standard InChI is InChI=1S/C34H67Br3O3/c1-5-9-10-11-23-26-29-32(34(38-6-2,39-7-3)40-8-4)30-27-24-21-19-17-15-13-12-14-16-18-20-22-25-28-31-33(35,36)37/h32H,5-31H2,1-4H3. The van der Waals surface area contributed by atoms with Crippen molar-refractivity contribution in [1.82, 2.24) is 0 Å². The molecule has 0 bridgehead atoms. The summed E-state index contributed by atoms with van der Waals surface area (Å²) >= 11 is 10.8. The Morgan fingerprint density at radius 1 is 0.425 bits per heavy atom. The van der Waals surface area contributed by atoms with Crippen molar-refractivity contribution in [3.8, 4) is 0 Å². The van der Waals surface area contributed by atoms with Gasteiger partial charge in [-0.25, -0.2) is 0 Å². The zero-order valence-corrected chi connectivity index (χ0v) is 31.8. The molecule has 0 aliphatic heterocycles. The van der Waals surface area contributed by atoms with E-state index in [0.717, 1.165) is 19.3 Å². The molecule has 0 rings (SSSR count). The predicted octanol–water partition coefficient (Wildman–Crippen LogP) is 13.6. The molecule has 0 radical (unpaired) electrons. The van der Waals surface area contributed by atoms with Gasteiger partial charge in [0.2, 0.25) is 0 Å². The van der Waals surface area contributed by atoms with Crippen LogP contribution < -0.4 is 0 Å². The lowest BCUT2D eigenvalue weighted by Gasteiger charge is -2.39. The van der Waals surface area contributed by atoms with Crippen LogP contribution in [0.1, 0.15) is 182 Å². The van der Waals surface area contributed by atoms with Gasteiger partial charge in [0.1, 0.15) is 2.14 Å². The smallest absolute Gasteiger partial charge is 0.285 e. The number of alkyl halides is 3. The van der Waals surface area contributed by atoms with Crippen LogP contribution in [-0.4, -0.2) is 27.9 Å². The van der Waals surface area contributed by atoms with Gasteiger partial charge < -0.3 is 14.2 Å². The fourth-order valence-corrected chi connectivity index (χ4v) is 6.61. The summed E-state index contributed by atoms with van der Waals surface area (Å²) in [5, 5.41) is 0. The van der Waals surface area contributed by atoms with Crippen molar-refractivity contribution in [2.24, 2.45) is 5.92 Å². The molecular weight excluding hydrogens is 696 g/mol. The Morgan fingerprint density at radius 3 is 1.02 bits per heavy atom. The van der Waals surface area contributed by atoms with E-state index in [-0.39, 0.29) is 2.14 Å². The molecule has 0 aromatic rings. The Morgan fingerprint density at radius 2 is 0.725 bits per heavy atom. The Hall–Kier alpha value is 1.32. The molecule has 0 aromatic heterocycles. The summed E-state index contributed by atoms with van der Waals surface area (Å²) in [5.41, 5.74) is 0. The molecule has 1 unspecified atom stereocenters. The lowest BCUT2D eigenvalue weighted by Crippen LogP contribution is -2.46. The molecule has 0 saturated heterocycles. The maximum Gasteiger partial charge on any atom is 0.285 e. The van der Waals surface area contributed by atoms with Crippen LogP contribution in [0.2, 0.25) is 0 Å². The van der Waals surface area contributed by atoms with Gasteiger partial charge in [0.15, 0.2) is 0 Å². The molecule has 0 heterocycles. The van der Waals surface area contributed by atoms with Gasteiger partial charge in [-0.1, -0.05) is 190 Å². The SMILES string of the molecule is CCCCCCCCC(CCCCCCCCCCCCCCCCCC(Br)(Br)Br)C(OCC)(OCC)OCC. The summed E-state index contributed by atoms with van der Waals surface area (Å²) in [7, 11) is 0. The third kappa shape index (κ3) is 24.7. The summed E-state index contributed by atoms with van der Waals surface area (Å²) in [6.45, 7) is 10.3. The molecular formula is C34H67Br3O3. The molecule has 3 nitrogen and oxygen atoms in total. The second-order valence-electron chi connectivity index (χ2n) is 11.6. The van der Waals surface area contributed by atoms with Gasteiger partial charge in [0.05, 0.1) is 0 Å². The monoisotopic (exact) mass is 760 g/mol. The van der Waals surface area contributed by atoms with Crippen molar-refractivity contribution in [2.45, 2.75) is 190 Å². The van der Waals surface area contributed by atoms with Crippen molar-refractivity contribution in [1.29, 1.82) is 0 Å². The molecule has 0 saturated carbocycles. The summed E-state index contributed by atoms with van der Waals surface area (Å²) in [5.74, 6) is -0.543. The minimum Gasteiger partial charge on any atom is -0.328 e. The molecule has 0 aliphatic rings. The number of halogens is 3. The van der Waals surface area contributed by atoms with E-state index < -0.39 is 5.97 Å². The lowest BCUT2D eigenvalue weighted by molar-refractivity contribution is -0.403. The zero-order valence-electron chi connectivity index (χ0n) is 27.0. The van der Waals surface area contributed by atoms with Crippen molar-refractivity contribution in [3.63, 3.8) is 0 Å². The van der Waals surface area contributed by atoms with Gasteiger partial charge >= 0.3 is 0 Å². The predicted molar refractivity (Wildman–Crippen MR) is 187 cm³/mol. The second kappa shape index (κ2) is 29.1. The number of ether oxygens (including phenoxy) is 3. The molecule has 242 valence electrons. The first-order chi connectivity index (χ1) is 19.3. The molecule has 1 atom stereocenters. The van der Waals surface area contributed by atoms with E-state index in [1.807, 2.05) is 0 Å². The second-order valence-corrected chi connectivity index (χ2v) is 18.9. The van der Waals surface area contributed by atoms with E-state index in [1.165, 1.54) is 135 Å². The highest BCUT2D eigenvalue weighted by Gasteiger charge is 2.41. The van der Waals surface area contributed by atoms with Gasteiger partial charge in [-0.05, 0) is 40.0 Å². The molecule has 0 aromatic carbocycles. The van der Waals surface area contributed by atoms with Crippen LogP contribution in [0.25, 0.3) is 0 Å². The lowest BCUT2D eigenvalue weighted by atomic mass is 9.91. The van der Waals surface area contributed by atoms with Crippen molar-refractivity contribution in [3.05, 3.63) is 0 Å². The first-order valence-electron chi connectivity index (χ1n) is 17.3. The van der Waals surface area contributed by atoms with Gasteiger partial charge in [-0.15, -0.1) is 0 Å². The van der Waals surface area contributed by atoms with E-state index in [0.29, 0.717) is 25.7 Å². The summed E-state index contributed by atoms with van der Waals surface area (Å²) in [4.78, 5) is 0. The van der Waals surface area contributed by atoms with Crippen LogP contribution in [0.5, 0.6) is 0 Å². The minimum absolute atomic E-state index is 0.0485. The first kappa shape index (κ1) is 41.3. The number of hydrogen-bond acceptors (Lipinski definition) is 3. The largest absolute Gasteiger partial charge is 0.328 e. The molecule has 0 N–H and O–H groups in total. The maximum atomic E-state index is 6.21. The van der Waals surface area contributed by atoms with Crippen LogP contribution >= 0.6 is 47.8 Å². The number of hydrogen-bond donors (Lipinski definition) is 0. The highest BCUT2D eigenvalue weighted by molar-refractivity contribution is 9.39. The summed E-state index contributed by atoms with van der Waals surface area (Å²) in [6.07, 6.45) is 32.0. The number of unbranched alkanes of at least 4 members (excludes halogenated alkanes) is 19. The Balaban J connectivity index is 4.06. The molecule has 0 amide bonds. The first-order valence-corrected chi connectivity index (χ1v) is 19.7. The fourth-order valence-electron chi connectivity index (χ4n) is 5.77. The Kier molecular flexibility index (Phi) is 30.0. The fraction of sp³-hybridized carbons (Fsp3) is 1.00. The molecule has 40 heavy (non-hydrogen) atoms. The third-order valence-corrected chi connectivity index (χ3v) is 9.15. The van der Waals surface area contributed by atoms with Crippen LogP contribution in [0, 0.1) is 5.92 Å². The van der Waals surface area contributed by atoms with Gasteiger partial charge in [-0.3, -0.25) is 0 Å². The molecule has 0 aliphatic carbocycles. The quantitative estimate of drug-likeness (QED) is 0.0400.